The second kappa shape index (κ2) is 29.1. The van der Waals surface area contributed by atoms with Gasteiger partial charge in [-0.15, -0.1) is 0 Å². The van der Waals surface area contributed by atoms with Crippen LogP contribution in [0.15, 0.2) is 24.3 Å². The van der Waals surface area contributed by atoms with E-state index >= 15 is 0 Å². The van der Waals surface area contributed by atoms with Gasteiger partial charge >= 0.3 is 11.9 Å². The van der Waals surface area contributed by atoms with Gasteiger partial charge in [-0.05, 0) is 44.9 Å². The van der Waals surface area contributed by atoms with Crippen LogP contribution in [0.5, 0.6) is 0 Å². The van der Waals surface area contributed by atoms with Crippen molar-refractivity contribution in [3.8, 4) is 0 Å². The van der Waals surface area contributed by atoms with Crippen LogP contribution in [0.3, 0.4) is 0 Å². The number of carbonyl (C=O) groups excluding carboxylic acids is 2. The molecule has 0 aliphatic carbocycles. The van der Waals surface area contributed by atoms with Crippen LogP contribution in [0, 0.1) is 0 Å². The molecule has 1 rings (SSSR count). The molecule has 1 saturated heterocycles. The van der Waals surface area contributed by atoms with Crippen molar-refractivity contribution in [3.05, 3.63) is 24.3 Å². The van der Waals surface area contributed by atoms with E-state index in [4.69, 9.17) is 18.9 Å². The van der Waals surface area contributed by atoms with Gasteiger partial charge in [-0.2, -0.15) is 0 Å². The maximum Gasteiger partial charge on any atom is 0.306 e. The van der Waals surface area contributed by atoms with Gasteiger partial charge in [0.15, 0.2) is 12.4 Å². The molecule has 1 aliphatic rings. The average molecular weight is 671 g/mol. The first-order valence-corrected chi connectivity index (χ1v) is 18.4. The smallest absolute Gasteiger partial charge is 0.306 e. The van der Waals surface area contributed by atoms with Crippen LogP contribution in [-0.2, 0) is 28.5 Å². The number of unbranched alkanes of at least 4 members (excludes halogenated alkanes) is 14. The van der Waals surface area contributed by atoms with E-state index in [0.29, 0.717) is 6.42 Å². The second-order valence-corrected chi connectivity index (χ2v) is 12.7. The highest BCUT2D eigenvalue weighted by atomic mass is 16.7. The number of carbonyl (C=O) groups is 2. The minimum absolute atomic E-state index is 0.189. The van der Waals surface area contributed by atoms with E-state index in [1.807, 2.05) is 0 Å². The molecule has 1 heterocycles. The molecule has 1 aliphatic heterocycles. The number of ether oxygens (including phenoxy) is 4. The Bertz CT molecular complexity index is 830. The van der Waals surface area contributed by atoms with Gasteiger partial charge in [-0.25, -0.2) is 0 Å². The summed E-state index contributed by atoms with van der Waals surface area (Å²) >= 11 is 0. The summed E-state index contributed by atoms with van der Waals surface area (Å²) in [4.78, 5) is 25.0. The Morgan fingerprint density at radius 3 is 1.81 bits per heavy atom. The average Bonchev–Trinajstić information content (AvgIpc) is 3.06. The molecule has 2 unspecified atom stereocenters. The Morgan fingerprint density at radius 1 is 0.660 bits per heavy atom. The Hall–Kier alpha value is -1.82. The van der Waals surface area contributed by atoms with Gasteiger partial charge in [-0.1, -0.05) is 109 Å². The Morgan fingerprint density at radius 2 is 1.19 bits per heavy atom. The van der Waals surface area contributed by atoms with E-state index < -0.39 is 55.4 Å². The van der Waals surface area contributed by atoms with Gasteiger partial charge in [0.1, 0.15) is 31.0 Å². The van der Waals surface area contributed by atoms with Crippen LogP contribution < -0.4 is 0 Å². The summed E-state index contributed by atoms with van der Waals surface area (Å²) in [6, 6.07) is 0. The molecule has 0 bridgehead atoms. The van der Waals surface area contributed by atoms with Crippen LogP contribution in [0.1, 0.15) is 142 Å². The first-order chi connectivity index (χ1) is 22.8. The second-order valence-electron chi connectivity index (χ2n) is 12.7. The third-order valence-corrected chi connectivity index (χ3v) is 8.34. The molecule has 0 aromatic rings. The monoisotopic (exact) mass is 670 g/mol. The molecule has 10 nitrogen and oxygen atoms in total. The molecule has 4 N–H and O–H groups in total. The molecule has 0 spiro atoms. The number of hydrogen-bond donors (Lipinski definition) is 4. The van der Waals surface area contributed by atoms with Crippen molar-refractivity contribution in [1.29, 1.82) is 0 Å². The SMILES string of the molecule is CCCCCCCC/C=C/C/C=C/CCCCC(=O)O[C@H](COC(=O)CCCCCCCCC)CO[C@H]1O[C@@H](CO)[C@@H](O)C(O)C1O. The highest BCUT2D eigenvalue weighted by molar-refractivity contribution is 5.70. The largest absolute Gasteiger partial charge is 0.462 e. The zero-order valence-electron chi connectivity index (χ0n) is 29.3. The number of aliphatic hydroxyl groups excluding tert-OH is 4. The summed E-state index contributed by atoms with van der Waals surface area (Å²) in [5.74, 6) is -0.853. The van der Waals surface area contributed by atoms with Crippen LogP contribution in [0.2, 0.25) is 0 Å². The normalized spacial score (nSPS) is 22.2. The molecule has 1 fully saturated rings. The zero-order valence-corrected chi connectivity index (χ0v) is 29.3. The lowest BCUT2D eigenvalue weighted by Crippen LogP contribution is -2.59. The summed E-state index contributed by atoms with van der Waals surface area (Å²) in [5, 5.41) is 39.8. The van der Waals surface area contributed by atoms with Gasteiger partial charge in [-0.3, -0.25) is 9.59 Å². The Kier molecular flexibility index (Phi) is 26.8. The summed E-state index contributed by atoms with van der Waals surface area (Å²) in [6.45, 7) is 3.30. The quantitative estimate of drug-likeness (QED) is 0.0411. The molecule has 0 radical (unpaired) electrons. The van der Waals surface area contributed by atoms with Crippen LogP contribution in [0.25, 0.3) is 0 Å². The third-order valence-electron chi connectivity index (χ3n) is 8.34. The molecular weight excluding hydrogens is 604 g/mol. The highest BCUT2D eigenvalue weighted by Gasteiger charge is 2.44. The number of rotatable bonds is 29. The first-order valence-electron chi connectivity index (χ1n) is 18.4. The highest BCUT2D eigenvalue weighted by Crippen LogP contribution is 2.22. The van der Waals surface area contributed by atoms with Crippen molar-refractivity contribution in [3.63, 3.8) is 0 Å². The van der Waals surface area contributed by atoms with Crippen molar-refractivity contribution in [2.45, 2.75) is 179 Å². The number of hydrogen-bond acceptors (Lipinski definition) is 10. The van der Waals surface area contributed by atoms with E-state index in [-0.39, 0.29) is 26.1 Å². The number of allylic oxidation sites excluding steroid dienone is 4. The fraction of sp³-hybridized carbons (Fsp3) is 0.838. The number of esters is 2. The summed E-state index contributed by atoms with van der Waals surface area (Å²) in [5.41, 5.74) is 0. The lowest BCUT2D eigenvalue weighted by molar-refractivity contribution is -0.305. The first kappa shape index (κ1) is 43.2. The third kappa shape index (κ3) is 21.7. The molecule has 0 saturated carbocycles. The number of aliphatic hydroxyl groups is 4. The predicted molar refractivity (Wildman–Crippen MR) is 183 cm³/mol. The molecule has 6 atom stereocenters. The molecular formula is C37H66O10. The molecule has 10 heteroatoms. The van der Waals surface area contributed by atoms with Crippen LogP contribution in [-0.4, -0.2) is 89.0 Å². The summed E-state index contributed by atoms with van der Waals surface area (Å²) in [7, 11) is 0. The minimum Gasteiger partial charge on any atom is -0.462 e. The predicted octanol–water partition coefficient (Wildman–Crippen LogP) is 6.21. The van der Waals surface area contributed by atoms with Crippen molar-refractivity contribution < 1.29 is 49.0 Å². The van der Waals surface area contributed by atoms with Gasteiger partial charge in [0.05, 0.1) is 13.2 Å². The topological polar surface area (TPSA) is 152 Å². The van der Waals surface area contributed by atoms with Gasteiger partial charge < -0.3 is 39.4 Å². The molecule has 0 aromatic heterocycles. The summed E-state index contributed by atoms with van der Waals surface area (Å²) < 4.78 is 21.9. The summed E-state index contributed by atoms with van der Waals surface area (Å²) in [6.07, 6.45) is 20.7. The van der Waals surface area contributed by atoms with E-state index in [2.05, 4.69) is 38.2 Å². The maximum absolute atomic E-state index is 12.6. The minimum atomic E-state index is -1.60. The fourth-order valence-corrected chi connectivity index (χ4v) is 5.33. The zero-order chi connectivity index (χ0) is 34.5. The molecule has 47 heavy (non-hydrogen) atoms. The van der Waals surface area contributed by atoms with Crippen LogP contribution in [0.4, 0.5) is 0 Å². The molecule has 274 valence electrons. The fourth-order valence-electron chi connectivity index (χ4n) is 5.33. The van der Waals surface area contributed by atoms with Crippen LogP contribution >= 0.6 is 0 Å². The van der Waals surface area contributed by atoms with Crippen molar-refractivity contribution in [2.24, 2.45) is 0 Å². The van der Waals surface area contributed by atoms with E-state index in [9.17, 15) is 30.0 Å². The van der Waals surface area contributed by atoms with Crippen molar-refractivity contribution >= 4 is 11.9 Å². The lowest BCUT2D eigenvalue weighted by Gasteiger charge is -2.39. The Labute approximate surface area is 283 Å². The molecule has 0 amide bonds. The van der Waals surface area contributed by atoms with Gasteiger partial charge in [0.25, 0.3) is 0 Å². The molecule has 0 aromatic carbocycles. The van der Waals surface area contributed by atoms with Gasteiger partial charge in [0, 0.05) is 12.8 Å². The van der Waals surface area contributed by atoms with E-state index in [1.165, 1.54) is 57.8 Å². The van der Waals surface area contributed by atoms with E-state index in [0.717, 1.165) is 51.4 Å². The Balaban J connectivity index is 2.43. The maximum atomic E-state index is 12.6. The van der Waals surface area contributed by atoms with E-state index in [1.54, 1.807) is 0 Å². The van der Waals surface area contributed by atoms with Gasteiger partial charge in [0.2, 0.25) is 0 Å². The van der Waals surface area contributed by atoms with Crippen molar-refractivity contribution in [2.75, 3.05) is 19.8 Å². The standard InChI is InChI=1S/C37H66O10/c1-3-5-7-9-11-12-13-14-15-16-17-18-20-22-24-26-33(40)46-30(28-44-32(39)25-23-21-19-10-8-6-4-2)29-45-37-36(43)35(42)34(41)31(27-38)47-37/h14-15,17-18,30-31,34-38,41-43H,3-13,16,19-29H2,1-2H3/b15-14+,18-17+/t30-,31+,34-,35?,36?,37+/m1/s1. The lowest BCUT2D eigenvalue weighted by atomic mass is 9.99. The van der Waals surface area contributed by atoms with Crippen molar-refractivity contribution in [1.82, 2.24) is 0 Å².